The van der Waals surface area contributed by atoms with Crippen molar-refractivity contribution in [1.29, 1.82) is 0 Å². The highest BCUT2D eigenvalue weighted by atomic mass is 35.5. The number of benzene rings is 2. The van der Waals surface area contributed by atoms with Crippen LogP contribution in [0, 0.1) is 0 Å². The van der Waals surface area contributed by atoms with Crippen LogP contribution in [0.1, 0.15) is 23.0 Å². The Balaban J connectivity index is 1.51. The van der Waals surface area contributed by atoms with Gasteiger partial charge in [0.2, 0.25) is 0 Å². The number of rotatable bonds is 4. The van der Waals surface area contributed by atoms with Crippen molar-refractivity contribution in [3.8, 4) is 5.69 Å². The van der Waals surface area contributed by atoms with Crippen molar-refractivity contribution in [2.45, 2.75) is 13.3 Å². The summed E-state index contributed by atoms with van der Waals surface area (Å²) in [5.41, 5.74) is 3.50. The maximum atomic E-state index is 13.2. The van der Waals surface area contributed by atoms with Crippen molar-refractivity contribution in [3.05, 3.63) is 76.0 Å². The second-order valence-electron chi connectivity index (χ2n) is 7.01. The minimum atomic E-state index is 0.0286. The maximum absolute atomic E-state index is 13.2. The van der Waals surface area contributed by atoms with Crippen LogP contribution in [0.5, 0.6) is 0 Å². The van der Waals surface area contributed by atoms with Crippen molar-refractivity contribution in [1.82, 2.24) is 14.7 Å². The largest absolute Gasteiger partial charge is 0.368 e. The summed E-state index contributed by atoms with van der Waals surface area (Å²) in [5.74, 6) is 0.0286. The van der Waals surface area contributed by atoms with Crippen LogP contribution in [0.25, 0.3) is 5.69 Å². The summed E-state index contributed by atoms with van der Waals surface area (Å²) in [6.45, 7) is 4.91. The van der Waals surface area contributed by atoms with Gasteiger partial charge in [0.25, 0.3) is 5.91 Å². The van der Waals surface area contributed by atoms with Gasteiger partial charge in [0.1, 0.15) is 0 Å². The number of piperazine rings is 1. The second-order valence-corrected chi connectivity index (χ2v) is 7.88. The molecule has 7 heteroatoms. The smallest absolute Gasteiger partial charge is 0.257 e. The number of nitrogens with zero attached hydrogens (tertiary/aromatic N) is 4. The van der Waals surface area contributed by atoms with Gasteiger partial charge in [-0.15, -0.1) is 0 Å². The zero-order valence-electron chi connectivity index (χ0n) is 16.2. The van der Waals surface area contributed by atoms with E-state index in [1.807, 2.05) is 60.4 Å². The lowest BCUT2D eigenvalue weighted by atomic mass is 10.1. The molecule has 1 fully saturated rings. The van der Waals surface area contributed by atoms with E-state index in [-0.39, 0.29) is 5.91 Å². The lowest BCUT2D eigenvalue weighted by molar-refractivity contribution is 0.0745. The number of hydrogen-bond donors (Lipinski definition) is 0. The first-order valence-electron chi connectivity index (χ1n) is 9.69. The molecule has 4 rings (SSSR count). The molecular formula is C22H22Cl2N4O. The van der Waals surface area contributed by atoms with Gasteiger partial charge >= 0.3 is 0 Å². The van der Waals surface area contributed by atoms with Crippen LogP contribution in [0.2, 0.25) is 10.0 Å². The molecule has 1 saturated heterocycles. The van der Waals surface area contributed by atoms with Gasteiger partial charge in [-0.1, -0.05) is 42.3 Å². The molecule has 1 aliphatic heterocycles. The first-order valence-corrected chi connectivity index (χ1v) is 10.4. The Morgan fingerprint density at radius 3 is 2.21 bits per heavy atom. The number of amides is 1. The van der Waals surface area contributed by atoms with Gasteiger partial charge in [-0.25, -0.2) is 4.68 Å². The lowest BCUT2D eigenvalue weighted by Gasteiger charge is -2.36. The normalized spacial score (nSPS) is 14.3. The SMILES string of the molecule is CCc1c(C(=O)N2CCN(c3cccc(Cl)c3)CC2)cnn1-c1cccc(Cl)c1. The molecule has 0 spiro atoms. The number of halogens is 2. The number of hydrogen-bond acceptors (Lipinski definition) is 3. The molecule has 0 atom stereocenters. The third-order valence-corrected chi connectivity index (χ3v) is 5.70. The Morgan fingerprint density at radius 1 is 0.966 bits per heavy atom. The molecule has 29 heavy (non-hydrogen) atoms. The maximum Gasteiger partial charge on any atom is 0.257 e. The van der Waals surface area contributed by atoms with E-state index in [9.17, 15) is 4.79 Å². The van der Waals surface area contributed by atoms with Gasteiger partial charge in [0.05, 0.1) is 23.1 Å². The number of carbonyl (C=O) groups excluding carboxylic acids is 1. The van der Waals surface area contributed by atoms with E-state index in [1.54, 1.807) is 10.9 Å². The van der Waals surface area contributed by atoms with E-state index < -0.39 is 0 Å². The molecule has 2 aromatic carbocycles. The van der Waals surface area contributed by atoms with Crippen molar-refractivity contribution >= 4 is 34.8 Å². The van der Waals surface area contributed by atoms with Crippen LogP contribution in [-0.4, -0.2) is 46.8 Å². The molecule has 1 amide bonds. The molecule has 3 aromatic rings. The van der Waals surface area contributed by atoms with Crippen molar-refractivity contribution in [2.24, 2.45) is 0 Å². The van der Waals surface area contributed by atoms with E-state index in [0.717, 1.165) is 35.2 Å². The summed E-state index contributed by atoms with van der Waals surface area (Å²) in [6, 6.07) is 15.3. The summed E-state index contributed by atoms with van der Waals surface area (Å²) in [6.07, 6.45) is 2.38. The molecule has 0 N–H and O–H groups in total. The molecule has 0 unspecified atom stereocenters. The Kier molecular flexibility index (Phi) is 5.79. The van der Waals surface area contributed by atoms with E-state index in [1.165, 1.54) is 0 Å². The zero-order valence-corrected chi connectivity index (χ0v) is 17.7. The lowest BCUT2D eigenvalue weighted by Crippen LogP contribution is -2.48. The van der Waals surface area contributed by atoms with Crippen LogP contribution in [0.3, 0.4) is 0 Å². The minimum absolute atomic E-state index is 0.0286. The third kappa shape index (κ3) is 4.11. The quantitative estimate of drug-likeness (QED) is 0.604. The summed E-state index contributed by atoms with van der Waals surface area (Å²) in [5, 5.41) is 5.84. The van der Waals surface area contributed by atoms with Gasteiger partial charge in [-0.05, 0) is 42.8 Å². The molecule has 5 nitrogen and oxygen atoms in total. The molecular weight excluding hydrogens is 407 g/mol. The molecule has 1 aliphatic rings. The van der Waals surface area contributed by atoms with E-state index in [4.69, 9.17) is 23.2 Å². The summed E-state index contributed by atoms with van der Waals surface area (Å²) < 4.78 is 1.81. The standard InChI is InChI=1S/C22H22Cl2N4O/c1-2-21-20(15-25-28(21)19-8-4-6-17(24)14-19)22(29)27-11-9-26(10-12-27)18-7-3-5-16(23)13-18/h3-8,13-15H,2,9-12H2,1H3. The van der Waals surface area contributed by atoms with E-state index in [0.29, 0.717) is 30.1 Å². The van der Waals surface area contributed by atoms with Crippen molar-refractivity contribution < 1.29 is 4.79 Å². The Labute approximate surface area is 180 Å². The van der Waals surface area contributed by atoms with Gasteiger partial charge in [-0.2, -0.15) is 5.10 Å². The van der Waals surface area contributed by atoms with Crippen LogP contribution in [-0.2, 0) is 6.42 Å². The second kappa shape index (κ2) is 8.47. The van der Waals surface area contributed by atoms with E-state index >= 15 is 0 Å². The Morgan fingerprint density at radius 2 is 1.59 bits per heavy atom. The summed E-state index contributed by atoms with van der Waals surface area (Å²) in [7, 11) is 0. The number of carbonyl (C=O) groups is 1. The summed E-state index contributed by atoms with van der Waals surface area (Å²) in [4.78, 5) is 17.4. The van der Waals surface area contributed by atoms with Crippen LogP contribution < -0.4 is 4.90 Å². The van der Waals surface area contributed by atoms with Gasteiger partial charge in [0, 0.05) is 41.9 Å². The first kappa shape index (κ1) is 19.8. The fourth-order valence-electron chi connectivity index (χ4n) is 3.73. The highest BCUT2D eigenvalue weighted by Crippen LogP contribution is 2.23. The fraction of sp³-hybridized carbons (Fsp3) is 0.273. The highest BCUT2D eigenvalue weighted by Gasteiger charge is 2.26. The van der Waals surface area contributed by atoms with Gasteiger partial charge in [0.15, 0.2) is 0 Å². The van der Waals surface area contributed by atoms with Crippen LogP contribution in [0.4, 0.5) is 5.69 Å². The highest BCUT2D eigenvalue weighted by molar-refractivity contribution is 6.31. The monoisotopic (exact) mass is 428 g/mol. The molecule has 150 valence electrons. The summed E-state index contributed by atoms with van der Waals surface area (Å²) >= 11 is 12.2. The van der Waals surface area contributed by atoms with Crippen LogP contribution >= 0.6 is 23.2 Å². The average molecular weight is 429 g/mol. The Bertz CT molecular complexity index is 1030. The van der Waals surface area contributed by atoms with E-state index in [2.05, 4.69) is 10.00 Å². The first-order chi connectivity index (χ1) is 14.1. The van der Waals surface area contributed by atoms with Gasteiger partial charge < -0.3 is 9.80 Å². The minimum Gasteiger partial charge on any atom is -0.368 e. The average Bonchev–Trinajstić information content (AvgIpc) is 3.17. The predicted octanol–water partition coefficient (Wildman–Crippen LogP) is 4.70. The van der Waals surface area contributed by atoms with Crippen molar-refractivity contribution in [3.63, 3.8) is 0 Å². The van der Waals surface area contributed by atoms with Crippen LogP contribution in [0.15, 0.2) is 54.7 Å². The number of anilines is 1. The predicted molar refractivity (Wildman–Crippen MR) is 118 cm³/mol. The number of aromatic nitrogens is 2. The zero-order chi connectivity index (χ0) is 20.4. The molecule has 1 aromatic heterocycles. The molecule has 0 aliphatic carbocycles. The Hall–Kier alpha value is -2.50. The third-order valence-electron chi connectivity index (χ3n) is 5.23. The molecule has 0 bridgehead atoms. The molecule has 2 heterocycles. The fourth-order valence-corrected chi connectivity index (χ4v) is 4.10. The van der Waals surface area contributed by atoms with Gasteiger partial charge in [-0.3, -0.25) is 4.79 Å². The topological polar surface area (TPSA) is 41.4 Å². The molecule has 0 radical (unpaired) electrons. The molecule has 0 saturated carbocycles. The van der Waals surface area contributed by atoms with Crippen molar-refractivity contribution in [2.75, 3.05) is 31.1 Å².